The average Bonchev–Trinajstić information content (AvgIpc) is 3.30. The Morgan fingerprint density at radius 2 is 1.08 bits per heavy atom. The number of benzene rings is 4. The van der Waals surface area contributed by atoms with Crippen LogP contribution in [0, 0.1) is 0 Å². The number of hydrogen-bond donors (Lipinski definition) is 6. The first-order valence-electron chi connectivity index (χ1n) is 20.9. The lowest BCUT2D eigenvalue weighted by Gasteiger charge is -2.04. The molecule has 0 aliphatic carbocycles. The van der Waals surface area contributed by atoms with Crippen molar-refractivity contribution in [1.82, 2.24) is 10.6 Å². The van der Waals surface area contributed by atoms with E-state index in [1.54, 1.807) is 36.4 Å². The van der Waals surface area contributed by atoms with Gasteiger partial charge < -0.3 is 31.1 Å². The number of rotatable bonds is 24. The second-order valence-electron chi connectivity index (χ2n) is 14.2. The Balaban J connectivity index is 0.000000457. The highest BCUT2D eigenvalue weighted by molar-refractivity contribution is 9.10. The van der Waals surface area contributed by atoms with E-state index >= 15 is 0 Å². The zero-order valence-electron chi connectivity index (χ0n) is 36.5. The number of carboxylic acid groups (broad SMARTS) is 4. The molecule has 0 bridgehead atoms. The Kier molecular flexibility index (Phi) is 30.1. The molecule has 0 spiro atoms. The standard InChI is InChI=1S/C19H17BrO4.C11H11NO3.C11H20O2.C9H8ClNO3/c20-16-8-6-15(7-9-16)17(21)10-3-13-1-4-14(5-2-13)18(22)11-12-19(23)24;13-10(6-7-11(14)15)12-8-9-4-2-1-3-5-9;1-2-3-4-5-6-7-8-9-10-11(12)13;10-7-3-1-6(2-4-7)9(14)11-5-8(12)13/h1-2,4-9H,3,10-12H2,(H,23,24);1-7H,8H2,(H,12,13)(H,14,15);2H,1,3-10H2,(H,12,13);1-4H,5H2,(H,11,14)(H,12,13)/b;7-6-;;. The molecule has 0 fully saturated rings. The molecular formula is C50H56BrClN2O12. The highest BCUT2D eigenvalue weighted by atomic mass is 79.9. The van der Waals surface area contributed by atoms with Crippen LogP contribution in [-0.2, 0) is 36.9 Å². The zero-order chi connectivity index (χ0) is 49.1. The minimum absolute atomic E-state index is 0.00324. The van der Waals surface area contributed by atoms with Crippen LogP contribution in [0.5, 0.6) is 0 Å². The first-order chi connectivity index (χ1) is 31.5. The Labute approximate surface area is 397 Å². The van der Waals surface area contributed by atoms with Crippen LogP contribution in [0.4, 0.5) is 0 Å². The molecule has 352 valence electrons. The maximum Gasteiger partial charge on any atom is 0.328 e. The Bertz CT molecular complexity index is 2180. The molecule has 0 aliphatic rings. The second-order valence-corrected chi connectivity index (χ2v) is 15.6. The molecule has 66 heavy (non-hydrogen) atoms. The summed E-state index contributed by atoms with van der Waals surface area (Å²) >= 11 is 8.95. The SMILES string of the molecule is C=CCCCCCCCCC(=O)O.O=C(O)/C=C\C(=O)NCc1ccccc1.O=C(O)CCC(=O)c1ccc(CCC(=O)c2ccc(Br)cc2)cc1.O=C(O)CNC(=O)c1ccc(Cl)cc1. The summed E-state index contributed by atoms with van der Waals surface area (Å²) in [6, 6.07) is 29.8. The van der Waals surface area contributed by atoms with E-state index in [0.717, 1.165) is 47.0 Å². The van der Waals surface area contributed by atoms with Crippen molar-refractivity contribution in [1.29, 1.82) is 0 Å². The molecule has 2 amide bonds. The van der Waals surface area contributed by atoms with Crippen molar-refractivity contribution < 1.29 is 58.8 Å². The molecule has 4 aromatic rings. The van der Waals surface area contributed by atoms with Gasteiger partial charge in [-0.1, -0.05) is 126 Å². The van der Waals surface area contributed by atoms with Crippen molar-refractivity contribution in [2.75, 3.05) is 6.54 Å². The van der Waals surface area contributed by atoms with Crippen molar-refractivity contribution in [3.05, 3.63) is 165 Å². The molecule has 0 radical (unpaired) electrons. The molecule has 4 aromatic carbocycles. The number of carbonyl (C=O) groups is 8. The number of allylic oxidation sites excluding steroid dienone is 1. The summed E-state index contributed by atoms with van der Waals surface area (Å²) in [6.45, 7) is 3.67. The highest BCUT2D eigenvalue weighted by Crippen LogP contribution is 2.15. The lowest BCUT2D eigenvalue weighted by atomic mass is 10.00. The van der Waals surface area contributed by atoms with E-state index in [2.05, 4.69) is 33.1 Å². The van der Waals surface area contributed by atoms with E-state index in [-0.39, 0.29) is 31.0 Å². The summed E-state index contributed by atoms with van der Waals surface area (Å²) in [5, 5.41) is 38.9. The van der Waals surface area contributed by atoms with Crippen LogP contribution in [0.1, 0.15) is 113 Å². The topological polar surface area (TPSA) is 242 Å². The third-order valence-corrected chi connectivity index (χ3v) is 9.67. The van der Waals surface area contributed by atoms with Gasteiger partial charge in [-0.05, 0) is 73.2 Å². The Morgan fingerprint density at radius 3 is 1.62 bits per heavy atom. The van der Waals surface area contributed by atoms with Crippen molar-refractivity contribution in [2.45, 2.75) is 83.6 Å². The number of aryl methyl sites for hydroxylation is 1. The number of amides is 2. The van der Waals surface area contributed by atoms with Gasteiger partial charge in [0.05, 0.1) is 6.42 Å². The van der Waals surface area contributed by atoms with E-state index in [1.165, 1.54) is 37.8 Å². The minimum Gasteiger partial charge on any atom is -0.481 e. The molecule has 4 rings (SSSR count). The van der Waals surface area contributed by atoms with Gasteiger partial charge in [-0.2, -0.15) is 0 Å². The van der Waals surface area contributed by atoms with Crippen LogP contribution < -0.4 is 10.6 Å². The molecule has 14 nitrogen and oxygen atoms in total. The third-order valence-electron chi connectivity index (χ3n) is 8.89. The number of unbranched alkanes of at least 4 members (excludes halogenated alkanes) is 6. The smallest absolute Gasteiger partial charge is 0.328 e. The van der Waals surface area contributed by atoms with Gasteiger partial charge in [0.15, 0.2) is 11.6 Å². The second kappa shape index (κ2) is 34.7. The van der Waals surface area contributed by atoms with Gasteiger partial charge in [0, 0.05) is 64.1 Å². The van der Waals surface area contributed by atoms with Crippen molar-refractivity contribution >= 4 is 74.8 Å². The minimum atomic E-state index is -1.13. The van der Waals surface area contributed by atoms with E-state index in [0.29, 0.717) is 47.5 Å². The molecule has 0 aliphatic heterocycles. The number of Topliss-reactive ketones (excluding diaryl/α,β-unsaturated/α-hetero) is 2. The Hall–Kier alpha value is -6.71. The van der Waals surface area contributed by atoms with Crippen molar-refractivity contribution in [2.24, 2.45) is 0 Å². The van der Waals surface area contributed by atoms with Crippen molar-refractivity contribution in [3.8, 4) is 0 Å². The fourth-order valence-corrected chi connectivity index (χ4v) is 5.77. The predicted molar refractivity (Wildman–Crippen MR) is 256 cm³/mol. The predicted octanol–water partition coefficient (Wildman–Crippen LogP) is 9.79. The maximum absolute atomic E-state index is 12.1. The molecular weight excluding hydrogens is 936 g/mol. The first kappa shape index (κ1) is 57.3. The van der Waals surface area contributed by atoms with Crippen LogP contribution in [-0.4, -0.2) is 74.2 Å². The normalized spacial score (nSPS) is 10.0. The van der Waals surface area contributed by atoms with E-state index in [1.807, 2.05) is 60.7 Å². The fraction of sp³-hybridized carbons (Fsp3) is 0.280. The lowest BCUT2D eigenvalue weighted by Crippen LogP contribution is -2.29. The summed E-state index contributed by atoms with van der Waals surface area (Å²) in [5.74, 6) is -4.82. The highest BCUT2D eigenvalue weighted by Gasteiger charge is 2.10. The molecule has 0 aromatic heterocycles. The molecule has 0 atom stereocenters. The fourth-order valence-electron chi connectivity index (χ4n) is 5.38. The molecule has 0 saturated carbocycles. The number of carbonyl (C=O) groups excluding carboxylic acids is 4. The number of halogens is 2. The average molecular weight is 992 g/mol. The van der Waals surface area contributed by atoms with E-state index in [4.69, 9.17) is 32.0 Å². The van der Waals surface area contributed by atoms with Crippen LogP contribution in [0.25, 0.3) is 0 Å². The first-order valence-corrected chi connectivity index (χ1v) is 22.1. The molecule has 16 heteroatoms. The maximum atomic E-state index is 12.1. The number of ketones is 2. The van der Waals surface area contributed by atoms with E-state index < -0.39 is 35.7 Å². The molecule has 0 unspecified atom stereocenters. The van der Waals surface area contributed by atoms with Crippen LogP contribution in [0.3, 0.4) is 0 Å². The van der Waals surface area contributed by atoms with Gasteiger partial charge in [0.25, 0.3) is 5.91 Å². The quantitative estimate of drug-likeness (QED) is 0.0166. The summed E-state index contributed by atoms with van der Waals surface area (Å²) in [4.78, 5) is 87.2. The summed E-state index contributed by atoms with van der Waals surface area (Å²) in [5.41, 5.74) is 3.50. The van der Waals surface area contributed by atoms with Crippen molar-refractivity contribution in [3.63, 3.8) is 0 Å². The van der Waals surface area contributed by atoms with Gasteiger partial charge in [0.2, 0.25) is 5.91 Å². The van der Waals surface area contributed by atoms with Crippen LogP contribution in [0.15, 0.2) is 132 Å². The number of carboxylic acids is 4. The Morgan fingerprint density at radius 1 is 0.545 bits per heavy atom. The van der Waals surface area contributed by atoms with Gasteiger partial charge in [0.1, 0.15) is 6.54 Å². The lowest BCUT2D eigenvalue weighted by molar-refractivity contribution is -0.138. The number of hydrogen-bond acceptors (Lipinski definition) is 8. The summed E-state index contributed by atoms with van der Waals surface area (Å²) < 4.78 is 0.933. The summed E-state index contributed by atoms with van der Waals surface area (Å²) in [7, 11) is 0. The largest absolute Gasteiger partial charge is 0.481 e. The van der Waals surface area contributed by atoms with Crippen LogP contribution in [0.2, 0.25) is 5.02 Å². The molecule has 6 N–H and O–H groups in total. The number of aliphatic carboxylic acids is 4. The van der Waals surface area contributed by atoms with E-state index in [9.17, 15) is 38.4 Å². The third kappa shape index (κ3) is 29.6. The molecule has 0 saturated heterocycles. The van der Waals surface area contributed by atoms with Gasteiger partial charge in [-0.15, -0.1) is 6.58 Å². The van der Waals surface area contributed by atoms with Gasteiger partial charge in [-0.25, -0.2) is 4.79 Å². The van der Waals surface area contributed by atoms with Crippen LogP contribution >= 0.6 is 27.5 Å². The summed E-state index contributed by atoms with van der Waals surface area (Å²) in [6.07, 6.45) is 12.8. The molecule has 0 heterocycles. The number of nitrogens with one attached hydrogen (secondary N) is 2. The monoisotopic (exact) mass is 990 g/mol. The van der Waals surface area contributed by atoms with Gasteiger partial charge in [-0.3, -0.25) is 33.6 Å². The zero-order valence-corrected chi connectivity index (χ0v) is 38.8. The van der Waals surface area contributed by atoms with Gasteiger partial charge >= 0.3 is 23.9 Å².